The molecule has 0 saturated heterocycles. The third kappa shape index (κ3) is 5.58. The van der Waals surface area contributed by atoms with Gasteiger partial charge < -0.3 is 15.2 Å². The summed E-state index contributed by atoms with van der Waals surface area (Å²) in [4.78, 5) is 0. The van der Waals surface area contributed by atoms with Crippen LogP contribution in [0.25, 0.3) is 0 Å². The van der Waals surface area contributed by atoms with Gasteiger partial charge in [0, 0.05) is 12.6 Å². The van der Waals surface area contributed by atoms with E-state index in [2.05, 4.69) is 70.3 Å². The zero-order valence-corrected chi connectivity index (χ0v) is 16.1. The lowest BCUT2D eigenvalue weighted by atomic mass is 10.0. The summed E-state index contributed by atoms with van der Waals surface area (Å²) in [7, 11) is 0. The van der Waals surface area contributed by atoms with Gasteiger partial charge in [0.1, 0.15) is 18.5 Å². The highest BCUT2D eigenvalue weighted by atomic mass is 16.5. The Labute approximate surface area is 152 Å². The zero-order valence-electron chi connectivity index (χ0n) is 16.1. The van der Waals surface area contributed by atoms with Crippen LogP contribution in [0.3, 0.4) is 0 Å². The van der Waals surface area contributed by atoms with Crippen molar-refractivity contribution in [1.82, 2.24) is 5.32 Å². The molecule has 2 N–H and O–H groups in total. The monoisotopic (exact) mass is 341 g/mol. The third-order valence-electron chi connectivity index (χ3n) is 4.68. The molecule has 2 atom stereocenters. The van der Waals surface area contributed by atoms with E-state index in [1.807, 2.05) is 6.07 Å². The van der Waals surface area contributed by atoms with Gasteiger partial charge in [0.2, 0.25) is 0 Å². The average Bonchev–Trinajstić information content (AvgIpc) is 2.58. The van der Waals surface area contributed by atoms with Gasteiger partial charge in [-0.15, -0.1) is 0 Å². The largest absolute Gasteiger partial charge is 0.491 e. The van der Waals surface area contributed by atoms with Gasteiger partial charge in [-0.1, -0.05) is 42.8 Å². The number of benzene rings is 2. The van der Waals surface area contributed by atoms with Crippen molar-refractivity contribution in [1.29, 1.82) is 0 Å². The van der Waals surface area contributed by atoms with Crippen molar-refractivity contribution < 1.29 is 9.84 Å². The molecule has 0 spiro atoms. The summed E-state index contributed by atoms with van der Waals surface area (Å²) >= 11 is 0. The molecule has 136 valence electrons. The molecule has 0 fully saturated rings. The number of ether oxygens (including phenoxy) is 1. The molecular weight excluding hydrogens is 310 g/mol. The van der Waals surface area contributed by atoms with E-state index < -0.39 is 6.10 Å². The van der Waals surface area contributed by atoms with Crippen LogP contribution >= 0.6 is 0 Å². The Hall–Kier alpha value is -1.84. The summed E-state index contributed by atoms with van der Waals surface area (Å²) < 4.78 is 5.86. The molecule has 0 saturated carbocycles. The smallest absolute Gasteiger partial charge is 0.122 e. The van der Waals surface area contributed by atoms with E-state index in [-0.39, 0.29) is 6.04 Å². The maximum Gasteiger partial charge on any atom is 0.122 e. The maximum absolute atomic E-state index is 10.3. The van der Waals surface area contributed by atoms with E-state index in [1.54, 1.807) is 0 Å². The summed E-state index contributed by atoms with van der Waals surface area (Å²) in [5.74, 6) is 0.863. The van der Waals surface area contributed by atoms with Gasteiger partial charge in [-0.25, -0.2) is 0 Å². The van der Waals surface area contributed by atoms with Crippen molar-refractivity contribution in [3.63, 3.8) is 0 Å². The van der Waals surface area contributed by atoms with Gasteiger partial charge in [0.25, 0.3) is 0 Å². The molecule has 0 aliphatic rings. The molecule has 3 nitrogen and oxygen atoms in total. The maximum atomic E-state index is 10.3. The first kappa shape index (κ1) is 19.5. The number of aryl methyl sites for hydroxylation is 3. The van der Waals surface area contributed by atoms with Crippen LogP contribution in [-0.2, 0) is 0 Å². The summed E-state index contributed by atoms with van der Waals surface area (Å²) in [6, 6.07) is 13.0. The Morgan fingerprint density at radius 1 is 1.00 bits per heavy atom. The number of hydrogen-bond acceptors (Lipinski definition) is 3. The Balaban J connectivity index is 1.87. The number of nitrogens with one attached hydrogen (secondary N) is 1. The second kappa shape index (κ2) is 9.02. The molecule has 25 heavy (non-hydrogen) atoms. The van der Waals surface area contributed by atoms with Crippen molar-refractivity contribution in [2.75, 3.05) is 13.2 Å². The van der Waals surface area contributed by atoms with E-state index in [9.17, 15) is 5.11 Å². The van der Waals surface area contributed by atoms with Crippen LogP contribution in [0.4, 0.5) is 0 Å². The highest BCUT2D eigenvalue weighted by Gasteiger charge is 2.13. The van der Waals surface area contributed by atoms with Gasteiger partial charge in [0.05, 0.1) is 0 Å². The Bertz CT molecular complexity index is 679. The van der Waals surface area contributed by atoms with Crippen LogP contribution in [0.5, 0.6) is 5.75 Å². The predicted molar refractivity (Wildman–Crippen MR) is 104 cm³/mol. The van der Waals surface area contributed by atoms with Crippen LogP contribution in [0, 0.1) is 27.7 Å². The van der Waals surface area contributed by atoms with Crippen LogP contribution in [0.1, 0.15) is 47.2 Å². The minimum Gasteiger partial charge on any atom is -0.491 e. The van der Waals surface area contributed by atoms with E-state index in [4.69, 9.17) is 4.74 Å². The second-order valence-corrected chi connectivity index (χ2v) is 6.95. The van der Waals surface area contributed by atoms with Gasteiger partial charge in [-0.05, 0) is 62.4 Å². The predicted octanol–water partition coefficient (Wildman–Crippen LogP) is 4.40. The molecule has 0 aliphatic carbocycles. The highest BCUT2D eigenvalue weighted by Crippen LogP contribution is 2.23. The number of hydrogen-bond donors (Lipinski definition) is 2. The molecule has 0 heterocycles. The summed E-state index contributed by atoms with van der Waals surface area (Å²) in [5, 5.41) is 13.7. The Morgan fingerprint density at radius 3 is 2.32 bits per heavy atom. The SMILES string of the molecule is CCC(NCC(O)COc1cc(C)cc(C)c1C)c1ccc(C)cc1. The van der Waals surface area contributed by atoms with Gasteiger partial charge in [0.15, 0.2) is 0 Å². The lowest BCUT2D eigenvalue weighted by Gasteiger charge is -2.21. The van der Waals surface area contributed by atoms with Crippen molar-refractivity contribution in [2.24, 2.45) is 0 Å². The minimum atomic E-state index is -0.542. The molecular formula is C22H31NO2. The number of aliphatic hydroxyl groups is 1. The topological polar surface area (TPSA) is 41.5 Å². The quantitative estimate of drug-likeness (QED) is 0.748. The average molecular weight is 341 g/mol. The van der Waals surface area contributed by atoms with E-state index in [1.165, 1.54) is 22.3 Å². The highest BCUT2D eigenvalue weighted by molar-refractivity contribution is 5.41. The van der Waals surface area contributed by atoms with Crippen LogP contribution in [0.15, 0.2) is 36.4 Å². The minimum absolute atomic E-state index is 0.248. The number of rotatable bonds is 8. The molecule has 0 aliphatic heterocycles. The van der Waals surface area contributed by atoms with Crippen molar-refractivity contribution in [3.05, 3.63) is 64.2 Å². The van der Waals surface area contributed by atoms with E-state index in [0.717, 1.165) is 17.7 Å². The molecule has 0 amide bonds. The first-order valence-corrected chi connectivity index (χ1v) is 9.09. The fraction of sp³-hybridized carbons (Fsp3) is 0.455. The lowest BCUT2D eigenvalue weighted by Crippen LogP contribution is -2.33. The molecule has 2 rings (SSSR count). The fourth-order valence-electron chi connectivity index (χ4n) is 2.97. The summed E-state index contributed by atoms with van der Waals surface area (Å²) in [5.41, 5.74) is 6.04. The van der Waals surface area contributed by atoms with Crippen molar-refractivity contribution in [2.45, 2.75) is 53.2 Å². The summed E-state index contributed by atoms with van der Waals surface area (Å²) in [6.07, 6.45) is 0.437. The van der Waals surface area contributed by atoms with E-state index in [0.29, 0.717) is 13.2 Å². The van der Waals surface area contributed by atoms with Gasteiger partial charge >= 0.3 is 0 Å². The first-order valence-electron chi connectivity index (χ1n) is 9.09. The fourth-order valence-corrected chi connectivity index (χ4v) is 2.97. The standard InChI is InChI=1S/C22H31NO2/c1-6-21(19-9-7-15(2)8-10-19)23-13-20(24)14-25-22-12-16(3)11-17(4)18(22)5/h7-12,20-21,23-24H,6,13-14H2,1-5H3. The Morgan fingerprint density at radius 2 is 1.68 bits per heavy atom. The molecule has 3 heteroatoms. The van der Waals surface area contributed by atoms with Crippen LogP contribution in [-0.4, -0.2) is 24.4 Å². The molecule has 0 radical (unpaired) electrons. The second-order valence-electron chi connectivity index (χ2n) is 6.95. The first-order chi connectivity index (χ1) is 11.9. The lowest BCUT2D eigenvalue weighted by molar-refractivity contribution is 0.103. The molecule has 2 unspecified atom stereocenters. The number of aliphatic hydroxyl groups excluding tert-OH is 1. The summed E-state index contributed by atoms with van der Waals surface area (Å²) in [6.45, 7) is 11.2. The molecule has 2 aromatic carbocycles. The van der Waals surface area contributed by atoms with Crippen molar-refractivity contribution >= 4 is 0 Å². The molecule has 2 aromatic rings. The van der Waals surface area contributed by atoms with E-state index >= 15 is 0 Å². The third-order valence-corrected chi connectivity index (χ3v) is 4.68. The Kier molecular flexibility index (Phi) is 7.03. The van der Waals surface area contributed by atoms with Crippen LogP contribution < -0.4 is 10.1 Å². The van der Waals surface area contributed by atoms with Crippen molar-refractivity contribution in [3.8, 4) is 5.75 Å². The van der Waals surface area contributed by atoms with Gasteiger partial charge in [-0.3, -0.25) is 0 Å². The molecule has 0 aromatic heterocycles. The normalized spacial score (nSPS) is 13.5. The van der Waals surface area contributed by atoms with Crippen LogP contribution in [0.2, 0.25) is 0 Å². The van der Waals surface area contributed by atoms with Gasteiger partial charge in [-0.2, -0.15) is 0 Å². The molecule has 0 bridgehead atoms. The zero-order chi connectivity index (χ0) is 18.4.